The van der Waals surface area contributed by atoms with Crippen LogP contribution in [0, 0.1) is 5.92 Å². The van der Waals surface area contributed by atoms with Crippen LogP contribution in [0.1, 0.15) is 43.6 Å². The number of carbonyl (C=O) groups is 2. The number of nitrogens with zero attached hydrogens (tertiary/aromatic N) is 1. The topological polar surface area (TPSA) is 58.6 Å². The molecule has 0 radical (unpaired) electrons. The lowest BCUT2D eigenvalue weighted by atomic mass is 9.77. The van der Waals surface area contributed by atoms with Crippen molar-refractivity contribution in [1.29, 1.82) is 0 Å². The van der Waals surface area contributed by atoms with E-state index >= 15 is 0 Å². The number of para-hydroxylation sites is 2. The molecule has 3 aromatic rings. The van der Waals surface area contributed by atoms with E-state index in [4.69, 9.17) is 4.74 Å². The largest absolute Gasteiger partial charge is 0.489 e. The summed E-state index contributed by atoms with van der Waals surface area (Å²) >= 11 is 0. The van der Waals surface area contributed by atoms with Crippen molar-refractivity contribution in [2.75, 3.05) is 23.4 Å². The highest BCUT2D eigenvalue weighted by Crippen LogP contribution is 2.42. The Bertz CT molecular complexity index is 1140. The number of rotatable bonds is 5. The number of benzene rings is 3. The van der Waals surface area contributed by atoms with Gasteiger partial charge in [0.25, 0.3) is 0 Å². The molecule has 0 atom stereocenters. The molecule has 2 amide bonds. The van der Waals surface area contributed by atoms with Crippen molar-refractivity contribution < 1.29 is 14.3 Å². The predicted octanol–water partition coefficient (Wildman–Crippen LogP) is 6.65. The van der Waals surface area contributed by atoms with Gasteiger partial charge < -0.3 is 14.8 Å². The van der Waals surface area contributed by atoms with E-state index in [2.05, 4.69) is 35.6 Å². The molecule has 34 heavy (non-hydrogen) atoms. The number of hydrogen-bond acceptors (Lipinski definition) is 3. The van der Waals surface area contributed by atoms with Crippen LogP contribution in [0.15, 0.2) is 72.8 Å². The maximum absolute atomic E-state index is 13.0. The molecule has 1 heterocycles. The van der Waals surface area contributed by atoms with E-state index in [1.807, 2.05) is 42.5 Å². The lowest BCUT2D eigenvalue weighted by molar-refractivity contribution is -0.108. The standard InChI is InChI=1S/C29H30N2O3/c32-19-17-21-9-11-22(12-10-21)23-13-15-24(16-14-23)26-7-4-8-27-28(26)34-20-18-31(27)29(33)30-25-5-2-1-3-6-25/h1-8,13-16,19,21-22H,9-12,17-18,20H2,(H,30,33). The highest BCUT2D eigenvalue weighted by atomic mass is 16.5. The number of nitrogens with one attached hydrogen (secondary N) is 1. The summed E-state index contributed by atoms with van der Waals surface area (Å²) in [5, 5.41) is 2.98. The normalized spacial score (nSPS) is 19.6. The highest BCUT2D eigenvalue weighted by Gasteiger charge is 2.27. The Kier molecular flexibility index (Phi) is 6.61. The fraction of sp³-hybridized carbons (Fsp3) is 0.310. The van der Waals surface area contributed by atoms with Gasteiger partial charge in [-0.25, -0.2) is 4.79 Å². The van der Waals surface area contributed by atoms with Crippen LogP contribution < -0.4 is 15.0 Å². The molecule has 0 unspecified atom stereocenters. The van der Waals surface area contributed by atoms with Crippen LogP contribution in [-0.4, -0.2) is 25.5 Å². The van der Waals surface area contributed by atoms with Crippen molar-refractivity contribution >= 4 is 23.7 Å². The van der Waals surface area contributed by atoms with Crippen LogP contribution in [-0.2, 0) is 4.79 Å². The van der Waals surface area contributed by atoms with E-state index in [9.17, 15) is 9.59 Å². The van der Waals surface area contributed by atoms with Gasteiger partial charge in [0.15, 0.2) is 5.75 Å². The lowest BCUT2D eigenvalue weighted by Gasteiger charge is -2.31. The van der Waals surface area contributed by atoms with Crippen molar-refractivity contribution in [2.45, 2.75) is 38.0 Å². The van der Waals surface area contributed by atoms with Gasteiger partial charge in [0, 0.05) is 17.7 Å². The van der Waals surface area contributed by atoms with E-state index in [0.29, 0.717) is 31.4 Å². The smallest absolute Gasteiger partial charge is 0.326 e. The fourth-order valence-corrected chi connectivity index (χ4v) is 5.20. The average Bonchev–Trinajstić information content (AvgIpc) is 2.89. The number of ether oxygens (including phenoxy) is 1. The molecule has 0 aromatic heterocycles. The van der Waals surface area contributed by atoms with Gasteiger partial charge in [-0.2, -0.15) is 0 Å². The predicted molar refractivity (Wildman–Crippen MR) is 136 cm³/mol. The van der Waals surface area contributed by atoms with Crippen molar-refractivity contribution in [3.63, 3.8) is 0 Å². The zero-order valence-electron chi connectivity index (χ0n) is 19.3. The molecule has 5 heteroatoms. The first kappa shape index (κ1) is 22.2. The summed E-state index contributed by atoms with van der Waals surface area (Å²) in [5.41, 5.74) is 5.00. The van der Waals surface area contributed by atoms with Crippen molar-refractivity contribution in [3.05, 3.63) is 78.4 Å². The van der Waals surface area contributed by atoms with Gasteiger partial charge in [0.1, 0.15) is 12.9 Å². The van der Waals surface area contributed by atoms with E-state index in [1.165, 1.54) is 5.56 Å². The van der Waals surface area contributed by atoms with Crippen LogP contribution >= 0.6 is 0 Å². The second-order valence-corrected chi connectivity index (χ2v) is 9.19. The molecule has 174 valence electrons. The maximum Gasteiger partial charge on any atom is 0.326 e. The Hall–Kier alpha value is -3.60. The number of amides is 2. The second-order valence-electron chi connectivity index (χ2n) is 9.19. The third kappa shape index (κ3) is 4.69. The molecule has 1 N–H and O–H groups in total. The van der Waals surface area contributed by atoms with Crippen molar-refractivity contribution in [3.8, 4) is 16.9 Å². The summed E-state index contributed by atoms with van der Waals surface area (Å²) in [7, 11) is 0. The van der Waals surface area contributed by atoms with Crippen LogP contribution in [0.4, 0.5) is 16.2 Å². The molecule has 1 aliphatic heterocycles. The summed E-state index contributed by atoms with van der Waals surface area (Å²) in [6.45, 7) is 0.954. The molecule has 5 nitrogen and oxygen atoms in total. The van der Waals surface area contributed by atoms with Crippen molar-refractivity contribution in [2.24, 2.45) is 5.92 Å². The molecule has 1 saturated carbocycles. The first-order valence-electron chi connectivity index (χ1n) is 12.2. The monoisotopic (exact) mass is 454 g/mol. The maximum atomic E-state index is 13.0. The Labute approximate surface area is 200 Å². The van der Waals surface area contributed by atoms with Gasteiger partial charge in [-0.15, -0.1) is 0 Å². The first-order chi connectivity index (χ1) is 16.7. The summed E-state index contributed by atoms with van der Waals surface area (Å²) in [5.74, 6) is 1.87. The van der Waals surface area contributed by atoms with Gasteiger partial charge in [-0.05, 0) is 66.8 Å². The average molecular weight is 455 g/mol. The van der Waals surface area contributed by atoms with E-state index < -0.39 is 0 Å². The summed E-state index contributed by atoms with van der Waals surface area (Å²) in [4.78, 5) is 25.6. The quantitative estimate of drug-likeness (QED) is 0.439. The minimum atomic E-state index is -0.159. The van der Waals surface area contributed by atoms with Gasteiger partial charge in [0.2, 0.25) is 0 Å². The molecule has 0 saturated heterocycles. The Morgan fingerprint density at radius 1 is 0.941 bits per heavy atom. The third-order valence-electron chi connectivity index (χ3n) is 7.09. The highest BCUT2D eigenvalue weighted by molar-refractivity contribution is 6.04. The number of aldehydes is 1. The molecule has 1 fully saturated rings. The molecule has 3 aromatic carbocycles. The summed E-state index contributed by atoms with van der Waals surface area (Å²) in [6, 6.07) is 24.1. The zero-order chi connectivity index (χ0) is 23.3. The van der Waals surface area contributed by atoms with Crippen LogP contribution in [0.5, 0.6) is 5.75 Å². The van der Waals surface area contributed by atoms with Crippen molar-refractivity contribution in [1.82, 2.24) is 0 Å². The lowest BCUT2D eigenvalue weighted by Crippen LogP contribution is -2.40. The van der Waals surface area contributed by atoms with Crippen LogP contribution in [0.2, 0.25) is 0 Å². The Morgan fingerprint density at radius 2 is 1.71 bits per heavy atom. The minimum absolute atomic E-state index is 0.159. The number of anilines is 2. The molecule has 2 aliphatic rings. The SMILES string of the molecule is O=CCC1CCC(c2ccc(-c3cccc4c3OCCN4C(=O)Nc3ccccc3)cc2)CC1. The van der Waals surface area contributed by atoms with Crippen LogP contribution in [0.25, 0.3) is 11.1 Å². The summed E-state index contributed by atoms with van der Waals surface area (Å²) in [6.07, 6.45) is 6.32. The molecule has 1 aliphatic carbocycles. The number of hydrogen-bond donors (Lipinski definition) is 1. The van der Waals surface area contributed by atoms with E-state index in [0.717, 1.165) is 60.2 Å². The van der Waals surface area contributed by atoms with Gasteiger partial charge in [0.05, 0.1) is 12.2 Å². The van der Waals surface area contributed by atoms with E-state index in [1.54, 1.807) is 4.90 Å². The summed E-state index contributed by atoms with van der Waals surface area (Å²) < 4.78 is 6.07. The molecule has 0 spiro atoms. The Balaban J connectivity index is 1.34. The van der Waals surface area contributed by atoms with Gasteiger partial charge in [-0.1, -0.05) is 54.6 Å². The molecule has 5 rings (SSSR count). The zero-order valence-corrected chi connectivity index (χ0v) is 19.3. The Morgan fingerprint density at radius 3 is 2.44 bits per heavy atom. The molecular weight excluding hydrogens is 424 g/mol. The first-order valence-corrected chi connectivity index (χ1v) is 12.2. The van der Waals surface area contributed by atoms with E-state index in [-0.39, 0.29) is 6.03 Å². The van der Waals surface area contributed by atoms with Gasteiger partial charge in [-0.3, -0.25) is 4.90 Å². The van der Waals surface area contributed by atoms with Gasteiger partial charge >= 0.3 is 6.03 Å². The number of fused-ring (bicyclic) bond motifs is 1. The number of carbonyl (C=O) groups excluding carboxylic acids is 2. The third-order valence-corrected chi connectivity index (χ3v) is 7.09. The molecule has 0 bridgehead atoms. The minimum Gasteiger partial charge on any atom is -0.489 e. The fourth-order valence-electron chi connectivity index (χ4n) is 5.20. The molecular formula is C29H30N2O3. The number of urea groups is 1. The van der Waals surface area contributed by atoms with Crippen LogP contribution in [0.3, 0.4) is 0 Å². The second kappa shape index (κ2) is 10.1.